The minimum atomic E-state index is -0.455. The lowest BCUT2D eigenvalue weighted by molar-refractivity contribution is 0.123. The number of hydrogen-bond donors (Lipinski definition) is 2. The molecule has 72 valence electrons. The van der Waals surface area contributed by atoms with E-state index in [-0.39, 0.29) is 12.5 Å². The summed E-state index contributed by atoms with van der Waals surface area (Å²) >= 11 is 0. The molecular weight excluding hydrogens is 164 g/mol. The lowest BCUT2D eigenvalue weighted by Crippen LogP contribution is -2.07. The van der Waals surface area contributed by atoms with Crippen molar-refractivity contribution in [2.75, 3.05) is 6.61 Å². The predicted octanol–water partition coefficient (Wildman–Crippen LogP) is 1.74. The third kappa shape index (κ3) is 3.17. The largest absolute Gasteiger partial charge is 0.396 e. The van der Waals surface area contributed by atoms with Crippen LogP contribution in [0.3, 0.4) is 0 Å². The highest BCUT2D eigenvalue weighted by Crippen LogP contribution is 2.20. The molecule has 2 nitrogen and oxygen atoms in total. The van der Waals surface area contributed by atoms with Crippen LogP contribution in [-0.4, -0.2) is 16.8 Å². The Balaban J connectivity index is 2.53. The molecule has 0 radical (unpaired) electrons. The van der Waals surface area contributed by atoms with Crippen molar-refractivity contribution in [3.63, 3.8) is 0 Å². The third-order valence-corrected chi connectivity index (χ3v) is 2.12. The second-order valence-corrected chi connectivity index (χ2v) is 3.45. The molecule has 0 bridgehead atoms. The minimum absolute atomic E-state index is 0.129. The smallest absolute Gasteiger partial charge is 0.0793 e. The first-order valence-electron chi connectivity index (χ1n) is 4.58. The van der Waals surface area contributed by atoms with Crippen LogP contribution in [0.1, 0.15) is 25.0 Å². The van der Waals surface area contributed by atoms with Crippen LogP contribution >= 0.6 is 0 Å². The summed E-state index contributed by atoms with van der Waals surface area (Å²) in [4.78, 5) is 0. The number of rotatable bonds is 4. The molecule has 2 unspecified atom stereocenters. The summed E-state index contributed by atoms with van der Waals surface area (Å²) in [5.41, 5.74) is 0.919. The van der Waals surface area contributed by atoms with Crippen LogP contribution in [0, 0.1) is 5.92 Å². The van der Waals surface area contributed by atoms with E-state index in [4.69, 9.17) is 5.11 Å². The van der Waals surface area contributed by atoms with Crippen LogP contribution in [-0.2, 0) is 0 Å². The van der Waals surface area contributed by atoms with Crippen molar-refractivity contribution in [3.8, 4) is 0 Å². The summed E-state index contributed by atoms with van der Waals surface area (Å²) in [6.45, 7) is 2.05. The first-order valence-corrected chi connectivity index (χ1v) is 4.58. The highest BCUT2D eigenvalue weighted by Gasteiger charge is 2.10. The van der Waals surface area contributed by atoms with Crippen molar-refractivity contribution in [2.24, 2.45) is 5.92 Å². The molecule has 13 heavy (non-hydrogen) atoms. The fourth-order valence-electron chi connectivity index (χ4n) is 1.27. The van der Waals surface area contributed by atoms with Gasteiger partial charge in [0, 0.05) is 6.61 Å². The number of aliphatic hydroxyl groups is 2. The van der Waals surface area contributed by atoms with Crippen LogP contribution in [0.2, 0.25) is 0 Å². The van der Waals surface area contributed by atoms with Gasteiger partial charge in [-0.3, -0.25) is 0 Å². The predicted molar refractivity (Wildman–Crippen MR) is 52.3 cm³/mol. The second kappa shape index (κ2) is 5.00. The van der Waals surface area contributed by atoms with Gasteiger partial charge < -0.3 is 10.2 Å². The van der Waals surface area contributed by atoms with E-state index in [0.29, 0.717) is 6.42 Å². The quantitative estimate of drug-likeness (QED) is 0.741. The Morgan fingerprint density at radius 1 is 1.23 bits per heavy atom. The summed E-state index contributed by atoms with van der Waals surface area (Å²) in [6.07, 6.45) is 0.156. The van der Waals surface area contributed by atoms with Gasteiger partial charge in [0.05, 0.1) is 6.10 Å². The Bertz CT molecular complexity index is 233. The van der Waals surface area contributed by atoms with Crippen molar-refractivity contribution >= 4 is 0 Å². The Morgan fingerprint density at radius 3 is 2.38 bits per heavy atom. The monoisotopic (exact) mass is 180 g/mol. The molecule has 0 fully saturated rings. The highest BCUT2D eigenvalue weighted by molar-refractivity contribution is 5.17. The molecule has 1 aromatic carbocycles. The van der Waals surface area contributed by atoms with Crippen LogP contribution in [0.5, 0.6) is 0 Å². The van der Waals surface area contributed by atoms with E-state index >= 15 is 0 Å². The Hall–Kier alpha value is -0.860. The summed E-state index contributed by atoms with van der Waals surface area (Å²) in [6, 6.07) is 9.53. The van der Waals surface area contributed by atoms with Crippen molar-refractivity contribution in [1.82, 2.24) is 0 Å². The molecular formula is C11H16O2. The lowest BCUT2D eigenvalue weighted by atomic mass is 9.99. The van der Waals surface area contributed by atoms with Crippen LogP contribution in [0.25, 0.3) is 0 Å². The lowest BCUT2D eigenvalue weighted by Gasteiger charge is -2.14. The normalized spacial score (nSPS) is 15.3. The fourth-order valence-corrected chi connectivity index (χ4v) is 1.27. The zero-order valence-electron chi connectivity index (χ0n) is 7.85. The maximum atomic E-state index is 9.71. The first kappa shape index (κ1) is 10.2. The van der Waals surface area contributed by atoms with Gasteiger partial charge >= 0.3 is 0 Å². The Morgan fingerprint density at radius 2 is 1.85 bits per heavy atom. The standard InChI is InChI=1S/C11H16O2/c1-9(8-12)7-11(13)10-5-3-2-4-6-10/h2-6,9,11-13H,7-8H2,1H3. The SMILES string of the molecule is CC(CO)CC(O)c1ccccc1. The van der Waals surface area contributed by atoms with E-state index in [9.17, 15) is 5.11 Å². The molecule has 0 amide bonds. The van der Waals surface area contributed by atoms with Gasteiger partial charge in [0.15, 0.2) is 0 Å². The Labute approximate surface area is 78.8 Å². The molecule has 0 aliphatic rings. The third-order valence-electron chi connectivity index (χ3n) is 2.12. The molecule has 0 aliphatic heterocycles. The molecule has 1 aromatic rings. The molecule has 2 heteroatoms. The molecule has 2 N–H and O–H groups in total. The molecule has 0 spiro atoms. The number of aliphatic hydroxyl groups excluding tert-OH is 2. The highest BCUT2D eigenvalue weighted by atomic mass is 16.3. The Kier molecular flexibility index (Phi) is 3.93. The van der Waals surface area contributed by atoms with Crippen LogP contribution in [0.4, 0.5) is 0 Å². The summed E-state index contributed by atoms with van der Waals surface area (Å²) in [7, 11) is 0. The fraction of sp³-hybridized carbons (Fsp3) is 0.455. The average Bonchev–Trinajstić information content (AvgIpc) is 2.19. The zero-order chi connectivity index (χ0) is 9.68. The first-order chi connectivity index (χ1) is 6.24. The van der Waals surface area contributed by atoms with E-state index in [1.807, 2.05) is 37.3 Å². The molecule has 0 aromatic heterocycles. The van der Waals surface area contributed by atoms with Gasteiger partial charge in [0.2, 0.25) is 0 Å². The maximum Gasteiger partial charge on any atom is 0.0793 e. The topological polar surface area (TPSA) is 40.5 Å². The van der Waals surface area contributed by atoms with Gasteiger partial charge in [-0.2, -0.15) is 0 Å². The van der Waals surface area contributed by atoms with Crippen LogP contribution < -0.4 is 0 Å². The number of hydrogen-bond acceptors (Lipinski definition) is 2. The summed E-state index contributed by atoms with van der Waals surface area (Å²) in [5, 5.41) is 18.5. The average molecular weight is 180 g/mol. The molecule has 0 heterocycles. The van der Waals surface area contributed by atoms with Crippen molar-refractivity contribution < 1.29 is 10.2 Å². The van der Waals surface area contributed by atoms with Crippen molar-refractivity contribution in [1.29, 1.82) is 0 Å². The van der Waals surface area contributed by atoms with Gasteiger partial charge in [-0.05, 0) is 17.9 Å². The van der Waals surface area contributed by atoms with Crippen molar-refractivity contribution in [2.45, 2.75) is 19.4 Å². The molecule has 0 saturated heterocycles. The number of benzene rings is 1. The van der Waals surface area contributed by atoms with Crippen LogP contribution in [0.15, 0.2) is 30.3 Å². The minimum Gasteiger partial charge on any atom is -0.396 e. The van der Waals surface area contributed by atoms with Gasteiger partial charge in [-0.25, -0.2) is 0 Å². The van der Waals surface area contributed by atoms with E-state index in [2.05, 4.69) is 0 Å². The molecule has 2 atom stereocenters. The molecule has 0 saturated carbocycles. The van der Waals surface area contributed by atoms with Crippen molar-refractivity contribution in [3.05, 3.63) is 35.9 Å². The van der Waals surface area contributed by atoms with Gasteiger partial charge in [0.1, 0.15) is 0 Å². The van der Waals surface area contributed by atoms with Gasteiger partial charge in [-0.15, -0.1) is 0 Å². The van der Waals surface area contributed by atoms with Gasteiger partial charge in [-0.1, -0.05) is 37.3 Å². The molecule has 0 aliphatic carbocycles. The van der Waals surface area contributed by atoms with E-state index in [1.165, 1.54) is 0 Å². The molecule has 1 rings (SSSR count). The maximum absolute atomic E-state index is 9.71. The van der Waals surface area contributed by atoms with E-state index in [0.717, 1.165) is 5.56 Å². The van der Waals surface area contributed by atoms with E-state index < -0.39 is 6.10 Å². The van der Waals surface area contributed by atoms with E-state index in [1.54, 1.807) is 0 Å². The second-order valence-electron chi connectivity index (χ2n) is 3.45. The zero-order valence-corrected chi connectivity index (χ0v) is 7.85. The summed E-state index contributed by atoms with van der Waals surface area (Å²) < 4.78 is 0. The van der Waals surface area contributed by atoms with Gasteiger partial charge in [0.25, 0.3) is 0 Å². The summed E-state index contributed by atoms with van der Waals surface area (Å²) in [5.74, 6) is 0.148.